The van der Waals surface area contributed by atoms with Crippen LogP contribution in [-0.4, -0.2) is 35.6 Å². The van der Waals surface area contributed by atoms with E-state index in [9.17, 15) is 0 Å². The molecule has 1 unspecified atom stereocenters. The van der Waals surface area contributed by atoms with Crippen molar-refractivity contribution in [2.45, 2.75) is 32.2 Å². The maximum Gasteiger partial charge on any atom is 0.134 e. The standard InChI is InChI=1S/C14H23N5/c1-3-7-16-13-9-14(18-11(2)17-13)19-8-5-4-6-12(19)10-15/h3,9,12H,1,4-8,10,15H2,2H3,(H,16,17,18). The van der Waals surface area contributed by atoms with Crippen LogP contribution < -0.4 is 16.0 Å². The molecule has 5 nitrogen and oxygen atoms in total. The fourth-order valence-corrected chi connectivity index (χ4v) is 2.51. The minimum atomic E-state index is 0.398. The molecule has 0 spiro atoms. The first-order valence-electron chi connectivity index (χ1n) is 6.91. The summed E-state index contributed by atoms with van der Waals surface area (Å²) in [6, 6.07) is 2.40. The highest BCUT2D eigenvalue weighted by molar-refractivity contribution is 5.50. The van der Waals surface area contributed by atoms with Crippen LogP contribution in [-0.2, 0) is 0 Å². The van der Waals surface area contributed by atoms with Gasteiger partial charge in [0.2, 0.25) is 0 Å². The molecule has 5 heteroatoms. The molecule has 1 atom stereocenters. The normalized spacial score (nSPS) is 19.3. The van der Waals surface area contributed by atoms with E-state index in [4.69, 9.17) is 5.73 Å². The molecular weight excluding hydrogens is 238 g/mol. The molecule has 0 aliphatic carbocycles. The molecule has 3 N–H and O–H groups in total. The maximum absolute atomic E-state index is 5.87. The molecule has 0 aromatic carbocycles. The number of aryl methyl sites for hydroxylation is 1. The van der Waals surface area contributed by atoms with Crippen molar-refractivity contribution in [3.63, 3.8) is 0 Å². The summed E-state index contributed by atoms with van der Waals surface area (Å²) in [5, 5.41) is 3.22. The van der Waals surface area contributed by atoms with E-state index < -0.39 is 0 Å². The van der Waals surface area contributed by atoms with Gasteiger partial charge in [-0.1, -0.05) is 6.08 Å². The molecule has 0 radical (unpaired) electrons. The van der Waals surface area contributed by atoms with Crippen LogP contribution in [0, 0.1) is 6.92 Å². The van der Waals surface area contributed by atoms with E-state index in [1.54, 1.807) is 0 Å². The van der Waals surface area contributed by atoms with E-state index in [0.717, 1.165) is 30.4 Å². The molecule has 1 aliphatic heterocycles. The summed E-state index contributed by atoms with van der Waals surface area (Å²) < 4.78 is 0. The lowest BCUT2D eigenvalue weighted by atomic mass is 10.0. The second-order valence-electron chi connectivity index (χ2n) is 4.91. The third-order valence-corrected chi connectivity index (χ3v) is 3.45. The van der Waals surface area contributed by atoms with Crippen molar-refractivity contribution in [1.82, 2.24) is 9.97 Å². The molecule has 0 bridgehead atoms. The number of nitrogens with two attached hydrogens (primary N) is 1. The molecule has 19 heavy (non-hydrogen) atoms. The predicted molar refractivity (Wildman–Crippen MR) is 79.5 cm³/mol. The van der Waals surface area contributed by atoms with Gasteiger partial charge in [0.05, 0.1) is 0 Å². The lowest BCUT2D eigenvalue weighted by Crippen LogP contribution is -2.44. The number of rotatable bonds is 5. The quantitative estimate of drug-likeness (QED) is 0.790. The van der Waals surface area contributed by atoms with Crippen LogP contribution >= 0.6 is 0 Å². The third-order valence-electron chi connectivity index (χ3n) is 3.45. The predicted octanol–water partition coefficient (Wildman–Crippen LogP) is 1.70. The Labute approximate surface area is 114 Å². The van der Waals surface area contributed by atoms with Gasteiger partial charge in [-0.25, -0.2) is 9.97 Å². The smallest absolute Gasteiger partial charge is 0.134 e. The van der Waals surface area contributed by atoms with Gasteiger partial charge in [-0.2, -0.15) is 0 Å². The van der Waals surface area contributed by atoms with Crippen LogP contribution in [0.2, 0.25) is 0 Å². The van der Waals surface area contributed by atoms with Crippen molar-refractivity contribution in [3.05, 3.63) is 24.5 Å². The van der Waals surface area contributed by atoms with Gasteiger partial charge in [-0.05, 0) is 26.2 Å². The molecule has 1 aromatic rings. The van der Waals surface area contributed by atoms with Crippen LogP contribution in [0.25, 0.3) is 0 Å². The van der Waals surface area contributed by atoms with Crippen LogP contribution in [0.4, 0.5) is 11.6 Å². The minimum Gasteiger partial charge on any atom is -0.366 e. The van der Waals surface area contributed by atoms with Gasteiger partial charge in [0.15, 0.2) is 0 Å². The molecule has 1 aromatic heterocycles. The zero-order valence-corrected chi connectivity index (χ0v) is 11.6. The van der Waals surface area contributed by atoms with Gasteiger partial charge >= 0.3 is 0 Å². The highest BCUT2D eigenvalue weighted by atomic mass is 15.2. The van der Waals surface area contributed by atoms with E-state index in [-0.39, 0.29) is 0 Å². The lowest BCUT2D eigenvalue weighted by Gasteiger charge is -2.36. The van der Waals surface area contributed by atoms with Crippen molar-refractivity contribution in [1.29, 1.82) is 0 Å². The van der Waals surface area contributed by atoms with E-state index in [2.05, 4.69) is 26.8 Å². The van der Waals surface area contributed by atoms with Gasteiger partial charge < -0.3 is 16.0 Å². The molecule has 1 saturated heterocycles. The fraction of sp³-hybridized carbons (Fsp3) is 0.571. The van der Waals surface area contributed by atoms with Gasteiger partial charge in [0.25, 0.3) is 0 Å². The largest absolute Gasteiger partial charge is 0.366 e. The van der Waals surface area contributed by atoms with Crippen molar-refractivity contribution in [3.8, 4) is 0 Å². The molecule has 0 amide bonds. The maximum atomic E-state index is 5.87. The number of aromatic nitrogens is 2. The van der Waals surface area contributed by atoms with Crippen LogP contribution in [0.15, 0.2) is 18.7 Å². The Morgan fingerprint density at radius 3 is 3.11 bits per heavy atom. The second kappa shape index (κ2) is 6.52. The Morgan fingerprint density at radius 1 is 1.53 bits per heavy atom. The summed E-state index contributed by atoms with van der Waals surface area (Å²) >= 11 is 0. The zero-order chi connectivity index (χ0) is 13.7. The topological polar surface area (TPSA) is 67.1 Å². The second-order valence-corrected chi connectivity index (χ2v) is 4.91. The first-order valence-corrected chi connectivity index (χ1v) is 6.91. The summed E-state index contributed by atoms with van der Waals surface area (Å²) in [7, 11) is 0. The highest BCUT2D eigenvalue weighted by Gasteiger charge is 2.22. The van der Waals surface area contributed by atoms with Crippen LogP contribution in [0.5, 0.6) is 0 Å². The lowest BCUT2D eigenvalue weighted by molar-refractivity contribution is 0.461. The van der Waals surface area contributed by atoms with E-state index in [1.165, 1.54) is 12.8 Å². The summed E-state index contributed by atoms with van der Waals surface area (Å²) in [5.74, 6) is 2.61. The Balaban J connectivity index is 2.21. The Kier molecular flexibility index (Phi) is 4.74. The van der Waals surface area contributed by atoms with E-state index in [0.29, 0.717) is 19.1 Å². The average molecular weight is 261 g/mol. The molecule has 1 aliphatic rings. The summed E-state index contributed by atoms with van der Waals surface area (Å²) in [6.07, 6.45) is 5.43. The number of piperidine rings is 1. The van der Waals surface area contributed by atoms with Crippen LogP contribution in [0.3, 0.4) is 0 Å². The number of nitrogens with one attached hydrogen (secondary N) is 1. The SMILES string of the molecule is C=CCNc1cc(N2CCCCC2CN)nc(C)n1. The first kappa shape index (κ1) is 13.8. The first-order chi connectivity index (χ1) is 9.24. The third kappa shape index (κ3) is 3.44. The van der Waals surface area contributed by atoms with Gasteiger partial charge in [0.1, 0.15) is 17.5 Å². The van der Waals surface area contributed by atoms with E-state index in [1.807, 2.05) is 19.1 Å². The van der Waals surface area contributed by atoms with E-state index >= 15 is 0 Å². The number of anilines is 2. The van der Waals surface area contributed by atoms with Gasteiger partial charge in [-0.15, -0.1) is 6.58 Å². The van der Waals surface area contributed by atoms with Gasteiger partial charge in [-0.3, -0.25) is 0 Å². The van der Waals surface area contributed by atoms with Crippen LogP contribution in [0.1, 0.15) is 25.1 Å². The Bertz CT molecular complexity index is 432. The van der Waals surface area contributed by atoms with Gasteiger partial charge in [0, 0.05) is 31.7 Å². The molecule has 2 heterocycles. The monoisotopic (exact) mass is 261 g/mol. The van der Waals surface area contributed by atoms with Crippen molar-refractivity contribution >= 4 is 11.6 Å². The zero-order valence-electron chi connectivity index (χ0n) is 11.6. The molecule has 2 rings (SSSR count). The van der Waals surface area contributed by atoms with Crippen molar-refractivity contribution < 1.29 is 0 Å². The molecule has 1 fully saturated rings. The summed E-state index contributed by atoms with van der Waals surface area (Å²) in [4.78, 5) is 11.3. The fourth-order valence-electron chi connectivity index (χ4n) is 2.51. The number of hydrogen-bond acceptors (Lipinski definition) is 5. The number of hydrogen-bond donors (Lipinski definition) is 2. The Hall–Kier alpha value is -1.62. The summed E-state index contributed by atoms with van der Waals surface area (Å²) in [6.45, 7) is 8.03. The molecular formula is C14H23N5. The average Bonchev–Trinajstić information content (AvgIpc) is 2.44. The summed E-state index contributed by atoms with van der Waals surface area (Å²) in [5.41, 5.74) is 5.87. The number of nitrogens with zero attached hydrogens (tertiary/aromatic N) is 3. The van der Waals surface area contributed by atoms with Crippen molar-refractivity contribution in [2.24, 2.45) is 5.73 Å². The Morgan fingerprint density at radius 2 is 2.37 bits per heavy atom. The minimum absolute atomic E-state index is 0.398. The highest BCUT2D eigenvalue weighted by Crippen LogP contribution is 2.24. The molecule has 0 saturated carbocycles. The molecule has 104 valence electrons. The van der Waals surface area contributed by atoms with Crippen molar-refractivity contribution in [2.75, 3.05) is 29.9 Å².